The van der Waals surface area contributed by atoms with E-state index < -0.39 is 0 Å². The number of unbranched alkanes of at least 4 members (excludes halogenated alkanes) is 1. The third-order valence-corrected chi connectivity index (χ3v) is 2.16. The largest absolute Gasteiger partial charge is 0.265 e. The quantitative estimate of drug-likeness (QED) is 0.554. The van der Waals surface area contributed by atoms with E-state index >= 15 is 0 Å². The fraction of sp³-hybridized carbons (Fsp3) is 0.444. The average molecular weight is 214 g/mol. The van der Waals surface area contributed by atoms with Crippen molar-refractivity contribution in [2.75, 3.05) is 5.33 Å². The van der Waals surface area contributed by atoms with E-state index in [1.165, 1.54) is 24.8 Å². The Balaban J connectivity index is 2.28. The first-order valence-corrected chi connectivity index (χ1v) is 5.00. The van der Waals surface area contributed by atoms with Gasteiger partial charge < -0.3 is 0 Å². The lowest BCUT2D eigenvalue weighted by atomic mass is 10.1. The SMILES string of the molecule is BrCCCCc1ccncc1. The van der Waals surface area contributed by atoms with Gasteiger partial charge in [-0.1, -0.05) is 15.9 Å². The lowest BCUT2D eigenvalue weighted by Gasteiger charge is -1.97. The second-order valence-electron chi connectivity index (χ2n) is 2.50. The molecule has 1 aromatic rings. The molecule has 11 heavy (non-hydrogen) atoms. The smallest absolute Gasteiger partial charge is 0.0270 e. The van der Waals surface area contributed by atoms with Crippen molar-refractivity contribution in [3.63, 3.8) is 0 Å². The van der Waals surface area contributed by atoms with Gasteiger partial charge in [0.2, 0.25) is 0 Å². The van der Waals surface area contributed by atoms with Crippen LogP contribution in [0.25, 0.3) is 0 Å². The number of aryl methyl sites for hydroxylation is 1. The van der Waals surface area contributed by atoms with Gasteiger partial charge in [-0.05, 0) is 37.0 Å². The molecule has 0 N–H and O–H groups in total. The van der Waals surface area contributed by atoms with Crippen molar-refractivity contribution in [2.24, 2.45) is 0 Å². The van der Waals surface area contributed by atoms with Crippen molar-refractivity contribution in [3.05, 3.63) is 30.1 Å². The molecule has 0 spiro atoms. The monoisotopic (exact) mass is 213 g/mol. The van der Waals surface area contributed by atoms with Crippen molar-refractivity contribution < 1.29 is 0 Å². The van der Waals surface area contributed by atoms with Crippen LogP contribution in [0.2, 0.25) is 0 Å². The molecule has 0 saturated heterocycles. The lowest BCUT2D eigenvalue weighted by Crippen LogP contribution is -1.85. The summed E-state index contributed by atoms with van der Waals surface area (Å²) in [6.07, 6.45) is 7.39. The van der Waals surface area contributed by atoms with Crippen molar-refractivity contribution in [1.82, 2.24) is 4.98 Å². The van der Waals surface area contributed by atoms with E-state index in [0.29, 0.717) is 0 Å². The van der Waals surface area contributed by atoms with Crippen molar-refractivity contribution in [3.8, 4) is 0 Å². The third kappa shape index (κ3) is 3.51. The molecule has 0 saturated carbocycles. The first-order valence-electron chi connectivity index (χ1n) is 3.88. The summed E-state index contributed by atoms with van der Waals surface area (Å²) in [5, 5.41) is 1.11. The minimum atomic E-state index is 1.11. The molecular weight excluding hydrogens is 202 g/mol. The van der Waals surface area contributed by atoms with Gasteiger partial charge in [-0.15, -0.1) is 0 Å². The Hall–Kier alpha value is -0.370. The minimum Gasteiger partial charge on any atom is -0.265 e. The van der Waals surface area contributed by atoms with Crippen LogP contribution in [-0.2, 0) is 6.42 Å². The zero-order chi connectivity index (χ0) is 7.94. The zero-order valence-electron chi connectivity index (χ0n) is 6.46. The first-order chi connectivity index (χ1) is 5.43. The zero-order valence-corrected chi connectivity index (χ0v) is 8.05. The summed E-state index contributed by atoms with van der Waals surface area (Å²) < 4.78 is 0. The Morgan fingerprint density at radius 1 is 1.18 bits per heavy atom. The van der Waals surface area contributed by atoms with Gasteiger partial charge in [0.1, 0.15) is 0 Å². The Morgan fingerprint density at radius 2 is 1.91 bits per heavy atom. The van der Waals surface area contributed by atoms with E-state index in [1.807, 2.05) is 12.4 Å². The number of nitrogens with zero attached hydrogens (tertiary/aromatic N) is 1. The van der Waals surface area contributed by atoms with E-state index in [2.05, 4.69) is 33.0 Å². The summed E-state index contributed by atoms with van der Waals surface area (Å²) in [5.41, 5.74) is 1.39. The van der Waals surface area contributed by atoms with Crippen LogP contribution in [0.3, 0.4) is 0 Å². The van der Waals surface area contributed by atoms with Gasteiger partial charge in [-0.25, -0.2) is 0 Å². The summed E-state index contributed by atoms with van der Waals surface area (Å²) in [7, 11) is 0. The standard InChI is InChI=1S/C9H12BrN/c10-6-2-1-3-9-4-7-11-8-5-9/h4-5,7-8H,1-3,6H2. The van der Waals surface area contributed by atoms with Crippen LogP contribution in [0.5, 0.6) is 0 Å². The third-order valence-electron chi connectivity index (χ3n) is 1.60. The van der Waals surface area contributed by atoms with Crippen LogP contribution in [0, 0.1) is 0 Å². The summed E-state index contributed by atoms with van der Waals surface area (Å²) in [6.45, 7) is 0. The minimum absolute atomic E-state index is 1.11. The molecule has 0 fully saturated rings. The van der Waals surface area contributed by atoms with E-state index in [1.54, 1.807) is 0 Å². The molecule has 0 aromatic carbocycles. The summed E-state index contributed by atoms with van der Waals surface area (Å²) in [4.78, 5) is 3.96. The Bertz CT molecular complexity index is 186. The molecule has 0 amide bonds. The van der Waals surface area contributed by atoms with Gasteiger partial charge in [0.15, 0.2) is 0 Å². The lowest BCUT2D eigenvalue weighted by molar-refractivity contribution is 0.804. The van der Waals surface area contributed by atoms with Gasteiger partial charge in [0.05, 0.1) is 0 Å². The van der Waals surface area contributed by atoms with E-state index in [-0.39, 0.29) is 0 Å². The number of halogens is 1. The number of hydrogen-bond donors (Lipinski definition) is 0. The van der Waals surface area contributed by atoms with Crippen molar-refractivity contribution in [2.45, 2.75) is 19.3 Å². The molecular formula is C9H12BrN. The Morgan fingerprint density at radius 3 is 2.55 bits per heavy atom. The van der Waals surface area contributed by atoms with Crippen molar-refractivity contribution >= 4 is 15.9 Å². The highest BCUT2D eigenvalue weighted by Crippen LogP contribution is 2.03. The Labute approximate surface area is 76.0 Å². The summed E-state index contributed by atoms with van der Waals surface area (Å²) >= 11 is 3.41. The predicted octanol–water partition coefficient (Wildman–Crippen LogP) is 2.80. The maximum Gasteiger partial charge on any atom is 0.0270 e. The Kier molecular flexibility index (Phi) is 4.21. The van der Waals surface area contributed by atoms with Gasteiger partial charge >= 0.3 is 0 Å². The van der Waals surface area contributed by atoms with E-state index in [9.17, 15) is 0 Å². The molecule has 0 aliphatic rings. The number of hydrogen-bond acceptors (Lipinski definition) is 1. The van der Waals surface area contributed by atoms with Crippen LogP contribution < -0.4 is 0 Å². The highest BCUT2D eigenvalue weighted by atomic mass is 79.9. The fourth-order valence-corrected chi connectivity index (χ4v) is 1.37. The van der Waals surface area contributed by atoms with Gasteiger partial charge in [0, 0.05) is 17.7 Å². The van der Waals surface area contributed by atoms with Gasteiger partial charge in [-0.2, -0.15) is 0 Å². The maximum absolute atomic E-state index is 3.96. The molecule has 0 aliphatic heterocycles. The summed E-state index contributed by atoms with van der Waals surface area (Å²) in [5.74, 6) is 0. The molecule has 1 heterocycles. The molecule has 0 bridgehead atoms. The van der Waals surface area contributed by atoms with Crippen LogP contribution in [0.1, 0.15) is 18.4 Å². The van der Waals surface area contributed by atoms with Crippen molar-refractivity contribution in [1.29, 1.82) is 0 Å². The van der Waals surface area contributed by atoms with Crippen LogP contribution in [-0.4, -0.2) is 10.3 Å². The normalized spacial score (nSPS) is 9.91. The van der Waals surface area contributed by atoms with Crippen LogP contribution >= 0.6 is 15.9 Å². The van der Waals surface area contributed by atoms with Gasteiger partial charge in [0.25, 0.3) is 0 Å². The number of rotatable bonds is 4. The molecule has 1 rings (SSSR count). The second kappa shape index (κ2) is 5.30. The first kappa shape index (κ1) is 8.72. The van der Waals surface area contributed by atoms with E-state index in [0.717, 1.165) is 5.33 Å². The highest BCUT2D eigenvalue weighted by Gasteiger charge is 1.90. The van der Waals surface area contributed by atoms with Crippen LogP contribution in [0.4, 0.5) is 0 Å². The van der Waals surface area contributed by atoms with E-state index in [4.69, 9.17) is 0 Å². The molecule has 0 unspecified atom stereocenters. The molecule has 2 heteroatoms. The molecule has 0 aliphatic carbocycles. The molecule has 60 valence electrons. The fourth-order valence-electron chi connectivity index (χ4n) is 0.973. The molecule has 1 aromatic heterocycles. The molecule has 0 atom stereocenters. The predicted molar refractivity (Wildman–Crippen MR) is 51.0 cm³/mol. The summed E-state index contributed by atoms with van der Waals surface area (Å²) in [6, 6.07) is 4.16. The maximum atomic E-state index is 3.96. The number of aromatic nitrogens is 1. The second-order valence-corrected chi connectivity index (χ2v) is 3.29. The number of pyridine rings is 1. The van der Waals surface area contributed by atoms with Crippen LogP contribution in [0.15, 0.2) is 24.5 Å². The topological polar surface area (TPSA) is 12.9 Å². The number of alkyl halides is 1. The van der Waals surface area contributed by atoms with Gasteiger partial charge in [-0.3, -0.25) is 4.98 Å². The average Bonchev–Trinajstić information content (AvgIpc) is 2.07. The molecule has 0 radical (unpaired) electrons. The molecule has 1 nitrogen and oxygen atoms in total. The highest BCUT2D eigenvalue weighted by molar-refractivity contribution is 9.09.